The van der Waals surface area contributed by atoms with Gasteiger partial charge >= 0.3 is 0 Å². The fourth-order valence-electron chi connectivity index (χ4n) is 3.89. The largest absolute Gasteiger partial charge is 0.383 e. The standard InChI is InChI=1S/C25H33F2N5O2/c1-14-11-21-22(12-15(14)2)31-24(30-21)23(33)20(32-25(34)19(29)5-3-4-10-28)9-7-16-6-8-17(26)13-18(16)27/h6,8,11-13,19-20,23,33H,3-5,7,9-10,28-29H2,1-2H3,(H,30,31)(H,32,34)/t19-,20-,23?/m1/s1. The fraction of sp³-hybridized carbons (Fsp3) is 0.440. The highest BCUT2D eigenvalue weighted by atomic mass is 19.1. The lowest BCUT2D eigenvalue weighted by molar-refractivity contribution is -0.124. The number of nitrogens with zero attached hydrogens (tertiary/aromatic N) is 1. The molecule has 34 heavy (non-hydrogen) atoms. The van der Waals surface area contributed by atoms with Crippen molar-refractivity contribution in [3.63, 3.8) is 0 Å². The number of benzene rings is 2. The molecule has 1 aromatic heterocycles. The highest BCUT2D eigenvalue weighted by Gasteiger charge is 2.27. The lowest BCUT2D eigenvalue weighted by atomic mass is 9.99. The summed E-state index contributed by atoms with van der Waals surface area (Å²) in [5.74, 6) is -1.46. The molecule has 0 aliphatic rings. The Morgan fingerprint density at radius 1 is 1.15 bits per heavy atom. The smallest absolute Gasteiger partial charge is 0.237 e. The number of carbonyl (C=O) groups is 1. The van der Waals surface area contributed by atoms with E-state index in [0.29, 0.717) is 30.7 Å². The quantitative estimate of drug-likeness (QED) is 0.273. The van der Waals surface area contributed by atoms with Gasteiger partial charge in [0.25, 0.3) is 0 Å². The van der Waals surface area contributed by atoms with Crippen molar-refractivity contribution >= 4 is 16.9 Å². The Balaban J connectivity index is 1.81. The first-order valence-corrected chi connectivity index (χ1v) is 11.5. The molecule has 2 aromatic carbocycles. The van der Waals surface area contributed by atoms with Gasteiger partial charge in [-0.05, 0) is 81.0 Å². The molecule has 1 amide bonds. The van der Waals surface area contributed by atoms with E-state index >= 15 is 0 Å². The van der Waals surface area contributed by atoms with Crippen molar-refractivity contribution in [3.8, 4) is 0 Å². The SMILES string of the molecule is Cc1cc2nc(C(O)[C@@H](CCc3ccc(F)cc3F)NC(=O)[C@H](N)CCCCN)[nH]c2cc1C. The molecule has 0 aliphatic carbocycles. The van der Waals surface area contributed by atoms with Gasteiger partial charge in [-0.1, -0.05) is 12.5 Å². The summed E-state index contributed by atoms with van der Waals surface area (Å²) in [5, 5.41) is 13.9. The zero-order valence-corrected chi connectivity index (χ0v) is 19.6. The topological polar surface area (TPSA) is 130 Å². The van der Waals surface area contributed by atoms with Crippen LogP contribution in [0.2, 0.25) is 0 Å². The van der Waals surface area contributed by atoms with Crippen LogP contribution in [0, 0.1) is 25.5 Å². The van der Waals surface area contributed by atoms with Crippen LogP contribution in [0.1, 0.15) is 54.3 Å². The van der Waals surface area contributed by atoms with Crippen molar-refractivity contribution in [3.05, 3.63) is 64.5 Å². The van der Waals surface area contributed by atoms with Crippen LogP contribution in [0.15, 0.2) is 30.3 Å². The number of carbonyl (C=O) groups excluding carboxylic acids is 1. The van der Waals surface area contributed by atoms with Crippen molar-refractivity contribution in [1.29, 1.82) is 0 Å². The third-order valence-electron chi connectivity index (χ3n) is 6.15. The maximum Gasteiger partial charge on any atom is 0.237 e. The molecule has 1 unspecified atom stereocenters. The molecule has 1 heterocycles. The number of aryl methyl sites for hydroxylation is 3. The first kappa shape index (κ1) is 25.7. The Morgan fingerprint density at radius 2 is 1.88 bits per heavy atom. The summed E-state index contributed by atoms with van der Waals surface area (Å²) in [6.45, 7) is 4.48. The number of hydrogen-bond acceptors (Lipinski definition) is 5. The molecule has 7 N–H and O–H groups in total. The Kier molecular flexibility index (Phi) is 8.71. The Hall–Kier alpha value is -2.88. The molecule has 0 aliphatic heterocycles. The zero-order valence-electron chi connectivity index (χ0n) is 19.6. The minimum atomic E-state index is -1.18. The van der Waals surface area contributed by atoms with Crippen LogP contribution in [0.4, 0.5) is 8.78 Å². The number of rotatable bonds is 11. The molecule has 0 fully saturated rings. The highest BCUT2D eigenvalue weighted by Crippen LogP contribution is 2.24. The summed E-state index contributed by atoms with van der Waals surface area (Å²) in [6.07, 6.45) is 1.11. The molecule has 3 atom stereocenters. The minimum Gasteiger partial charge on any atom is -0.383 e. The lowest BCUT2D eigenvalue weighted by Crippen LogP contribution is -2.48. The second-order valence-electron chi connectivity index (χ2n) is 8.80. The van der Waals surface area contributed by atoms with E-state index < -0.39 is 35.7 Å². The third kappa shape index (κ3) is 6.37. The van der Waals surface area contributed by atoms with E-state index in [1.165, 1.54) is 12.1 Å². The maximum absolute atomic E-state index is 14.2. The number of hydrogen-bond donors (Lipinski definition) is 5. The molecule has 0 spiro atoms. The third-order valence-corrected chi connectivity index (χ3v) is 6.15. The lowest BCUT2D eigenvalue weighted by Gasteiger charge is -2.25. The van der Waals surface area contributed by atoms with Gasteiger partial charge in [0.2, 0.25) is 5.91 Å². The van der Waals surface area contributed by atoms with Crippen molar-refractivity contribution in [1.82, 2.24) is 15.3 Å². The van der Waals surface area contributed by atoms with Crippen LogP contribution in [-0.4, -0.2) is 39.6 Å². The molecule has 0 radical (unpaired) electrons. The van der Waals surface area contributed by atoms with E-state index in [9.17, 15) is 18.7 Å². The number of aliphatic hydroxyl groups is 1. The highest BCUT2D eigenvalue weighted by molar-refractivity contribution is 5.82. The molecule has 0 bridgehead atoms. The number of halogens is 2. The summed E-state index contributed by atoms with van der Waals surface area (Å²) in [4.78, 5) is 20.4. The number of amides is 1. The average molecular weight is 474 g/mol. The summed E-state index contributed by atoms with van der Waals surface area (Å²) in [7, 11) is 0. The first-order valence-electron chi connectivity index (χ1n) is 11.5. The van der Waals surface area contributed by atoms with Gasteiger partial charge in [0.15, 0.2) is 0 Å². The maximum atomic E-state index is 14.2. The number of aromatic amines is 1. The van der Waals surface area contributed by atoms with E-state index in [1.54, 1.807) is 0 Å². The molecule has 7 nitrogen and oxygen atoms in total. The molecule has 0 saturated carbocycles. The van der Waals surface area contributed by atoms with E-state index in [4.69, 9.17) is 11.5 Å². The first-order chi connectivity index (χ1) is 16.2. The van der Waals surface area contributed by atoms with Crippen LogP contribution in [0.25, 0.3) is 11.0 Å². The Labute approximate surface area is 197 Å². The van der Waals surface area contributed by atoms with Crippen LogP contribution in [0.3, 0.4) is 0 Å². The van der Waals surface area contributed by atoms with Gasteiger partial charge in [-0.25, -0.2) is 13.8 Å². The predicted octanol–water partition coefficient (Wildman–Crippen LogP) is 3.07. The number of fused-ring (bicyclic) bond motifs is 1. The second-order valence-corrected chi connectivity index (χ2v) is 8.80. The molecule has 9 heteroatoms. The fourth-order valence-corrected chi connectivity index (χ4v) is 3.89. The van der Waals surface area contributed by atoms with E-state index in [-0.39, 0.29) is 18.4 Å². The predicted molar refractivity (Wildman–Crippen MR) is 128 cm³/mol. The molecular weight excluding hydrogens is 440 g/mol. The summed E-state index contributed by atoms with van der Waals surface area (Å²) < 4.78 is 27.4. The number of nitrogens with two attached hydrogens (primary N) is 2. The average Bonchev–Trinajstić information content (AvgIpc) is 3.19. The second kappa shape index (κ2) is 11.5. The van der Waals surface area contributed by atoms with Gasteiger partial charge < -0.3 is 26.9 Å². The molecule has 0 saturated heterocycles. The van der Waals surface area contributed by atoms with Crippen LogP contribution in [0.5, 0.6) is 0 Å². The minimum absolute atomic E-state index is 0.176. The van der Waals surface area contributed by atoms with Gasteiger partial charge in [0.1, 0.15) is 23.6 Å². The Bertz CT molecular complexity index is 1090. The summed E-state index contributed by atoms with van der Waals surface area (Å²) in [5.41, 5.74) is 15.4. The number of H-pyrrole nitrogens is 1. The number of aliphatic hydroxyl groups excluding tert-OH is 1. The molecule has 3 rings (SSSR count). The van der Waals surface area contributed by atoms with Gasteiger partial charge in [0, 0.05) is 6.07 Å². The summed E-state index contributed by atoms with van der Waals surface area (Å²) in [6, 6.07) is 5.68. The summed E-state index contributed by atoms with van der Waals surface area (Å²) >= 11 is 0. The van der Waals surface area contributed by atoms with Gasteiger partial charge in [0.05, 0.1) is 23.1 Å². The van der Waals surface area contributed by atoms with Crippen molar-refractivity contribution in [2.45, 2.75) is 64.1 Å². The van der Waals surface area contributed by atoms with Gasteiger partial charge in [-0.15, -0.1) is 0 Å². The molecule has 184 valence electrons. The van der Waals surface area contributed by atoms with E-state index in [2.05, 4.69) is 15.3 Å². The van der Waals surface area contributed by atoms with E-state index in [0.717, 1.165) is 29.1 Å². The monoisotopic (exact) mass is 473 g/mol. The van der Waals surface area contributed by atoms with Crippen molar-refractivity contribution < 1.29 is 18.7 Å². The van der Waals surface area contributed by atoms with E-state index in [1.807, 2.05) is 26.0 Å². The molecule has 3 aromatic rings. The number of nitrogens with one attached hydrogen (secondary N) is 2. The van der Waals surface area contributed by atoms with Crippen LogP contribution < -0.4 is 16.8 Å². The number of unbranched alkanes of at least 4 members (excludes halogenated alkanes) is 1. The number of aromatic nitrogens is 2. The van der Waals surface area contributed by atoms with Crippen molar-refractivity contribution in [2.75, 3.05) is 6.54 Å². The van der Waals surface area contributed by atoms with Gasteiger partial charge in [-0.3, -0.25) is 4.79 Å². The zero-order chi connectivity index (χ0) is 24.8. The Morgan fingerprint density at radius 3 is 2.59 bits per heavy atom. The van der Waals surface area contributed by atoms with Crippen molar-refractivity contribution in [2.24, 2.45) is 11.5 Å². The van der Waals surface area contributed by atoms with Crippen LogP contribution in [-0.2, 0) is 11.2 Å². The number of imidazole rings is 1. The van der Waals surface area contributed by atoms with Crippen LogP contribution >= 0.6 is 0 Å². The van der Waals surface area contributed by atoms with Gasteiger partial charge in [-0.2, -0.15) is 0 Å². The molecular formula is C25H33F2N5O2. The normalized spacial score (nSPS) is 14.2.